The molecule has 0 spiro atoms. The summed E-state index contributed by atoms with van der Waals surface area (Å²) in [5.41, 5.74) is 0.937. The molecule has 0 unspecified atom stereocenters. The summed E-state index contributed by atoms with van der Waals surface area (Å²) >= 11 is 0. The van der Waals surface area contributed by atoms with Gasteiger partial charge in [-0.1, -0.05) is 13.8 Å². The lowest BCUT2D eigenvalue weighted by atomic mass is 9.44. The van der Waals surface area contributed by atoms with Crippen LogP contribution in [-0.2, 0) is 9.47 Å². The predicted octanol–water partition coefficient (Wildman–Crippen LogP) is 5.55. The molecule has 4 saturated carbocycles. The lowest BCUT2D eigenvalue weighted by molar-refractivity contribution is -0.212. The first kappa shape index (κ1) is 19.8. The van der Waals surface area contributed by atoms with Crippen molar-refractivity contribution in [3.05, 3.63) is 0 Å². The van der Waals surface area contributed by atoms with Crippen LogP contribution < -0.4 is 0 Å². The van der Waals surface area contributed by atoms with E-state index in [1.807, 2.05) is 0 Å². The van der Waals surface area contributed by atoms with Crippen LogP contribution in [0.15, 0.2) is 0 Å². The minimum Gasteiger partial charge on any atom is -0.396 e. The summed E-state index contributed by atoms with van der Waals surface area (Å²) in [6, 6.07) is 0. The minimum absolute atomic E-state index is 0.0729. The van der Waals surface area contributed by atoms with Crippen LogP contribution in [0, 0.1) is 40.4 Å². The van der Waals surface area contributed by atoms with Crippen LogP contribution in [0.5, 0.6) is 0 Å². The van der Waals surface area contributed by atoms with Gasteiger partial charge in [0.1, 0.15) is 0 Å². The van der Waals surface area contributed by atoms with Gasteiger partial charge < -0.3 is 14.6 Å². The third kappa shape index (κ3) is 3.10. The molecule has 1 aliphatic heterocycles. The van der Waals surface area contributed by atoms with Crippen LogP contribution in [0.1, 0.15) is 90.9 Å². The quantitative estimate of drug-likeness (QED) is 0.642. The van der Waals surface area contributed by atoms with Gasteiger partial charge in [-0.25, -0.2) is 0 Å². The zero-order valence-electron chi connectivity index (χ0n) is 18.2. The third-order valence-electron chi connectivity index (χ3n) is 10.5. The van der Waals surface area contributed by atoms with Gasteiger partial charge in [-0.05, 0) is 117 Å². The molecule has 160 valence electrons. The summed E-state index contributed by atoms with van der Waals surface area (Å²) in [5.74, 6) is 4.09. The van der Waals surface area contributed by atoms with Crippen LogP contribution in [0.2, 0.25) is 0 Å². The topological polar surface area (TPSA) is 38.7 Å². The van der Waals surface area contributed by atoms with Crippen molar-refractivity contribution in [2.24, 2.45) is 40.4 Å². The second kappa shape index (κ2) is 7.54. The molecule has 5 rings (SSSR count). The molecule has 3 nitrogen and oxygen atoms in total. The molecule has 28 heavy (non-hydrogen) atoms. The number of rotatable bonds is 3. The van der Waals surface area contributed by atoms with Crippen LogP contribution in [0.3, 0.4) is 0 Å². The Hall–Kier alpha value is -0.120. The molecule has 1 N–H and O–H groups in total. The van der Waals surface area contributed by atoms with E-state index < -0.39 is 0 Å². The van der Waals surface area contributed by atoms with E-state index in [-0.39, 0.29) is 6.29 Å². The third-order valence-corrected chi connectivity index (χ3v) is 10.5. The molecule has 0 aromatic heterocycles. The first-order chi connectivity index (χ1) is 13.5. The van der Waals surface area contributed by atoms with Crippen molar-refractivity contribution in [1.29, 1.82) is 0 Å². The van der Waals surface area contributed by atoms with Crippen molar-refractivity contribution in [2.45, 2.75) is 103 Å². The van der Waals surface area contributed by atoms with E-state index in [9.17, 15) is 5.11 Å². The summed E-state index contributed by atoms with van der Waals surface area (Å²) in [5, 5.41) is 9.94. The van der Waals surface area contributed by atoms with Gasteiger partial charge in [-0.3, -0.25) is 0 Å². The van der Waals surface area contributed by atoms with Gasteiger partial charge in [0, 0.05) is 13.2 Å². The Balaban J connectivity index is 1.27. The van der Waals surface area contributed by atoms with E-state index in [1.54, 1.807) is 0 Å². The normalized spacial score (nSPS) is 53.9. The largest absolute Gasteiger partial charge is 0.396 e. The first-order valence-electron chi connectivity index (χ1n) is 12.4. The highest BCUT2D eigenvalue weighted by molar-refractivity contribution is 5.09. The molecule has 0 aromatic rings. The van der Waals surface area contributed by atoms with Gasteiger partial charge in [0.25, 0.3) is 0 Å². The molecule has 5 fully saturated rings. The summed E-state index contributed by atoms with van der Waals surface area (Å²) in [4.78, 5) is 0. The van der Waals surface area contributed by atoms with Gasteiger partial charge in [0.15, 0.2) is 6.29 Å². The lowest BCUT2D eigenvalue weighted by Gasteiger charge is -2.61. The van der Waals surface area contributed by atoms with Crippen LogP contribution in [-0.4, -0.2) is 30.7 Å². The Labute approximate surface area is 171 Å². The molecule has 0 bridgehead atoms. The maximum Gasteiger partial charge on any atom is 0.157 e. The van der Waals surface area contributed by atoms with Gasteiger partial charge in [-0.15, -0.1) is 0 Å². The first-order valence-corrected chi connectivity index (χ1v) is 12.4. The molecule has 1 saturated heterocycles. The number of ether oxygens (including phenoxy) is 2. The van der Waals surface area contributed by atoms with E-state index >= 15 is 0 Å². The van der Waals surface area contributed by atoms with Crippen molar-refractivity contribution < 1.29 is 14.6 Å². The fourth-order valence-electron chi connectivity index (χ4n) is 8.78. The minimum atomic E-state index is 0.0729. The standard InChI is InChI=1S/C25H42O3/c1-24-12-10-19(28-23-5-3-4-14-27-23)15-17(24)6-8-20-21-9-7-18(16-26)25(21,2)13-11-22(20)24/h17-23,26H,3-16H2,1-2H3/t17-,18+,19+,20+,21-,22-,23+,24-,25+/m0/s1. The zero-order chi connectivity index (χ0) is 19.4. The van der Waals surface area contributed by atoms with Crippen molar-refractivity contribution in [3.63, 3.8) is 0 Å². The molecular weight excluding hydrogens is 348 g/mol. The molecule has 9 atom stereocenters. The van der Waals surface area contributed by atoms with E-state index in [0.29, 0.717) is 29.5 Å². The number of aliphatic hydroxyl groups excluding tert-OH is 1. The Kier molecular flexibility index (Phi) is 5.33. The number of fused-ring (bicyclic) bond motifs is 5. The summed E-state index contributed by atoms with van der Waals surface area (Å²) in [7, 11) is 0. The van der Waals surface area contributed by atoms with Crippen LogP contribution in [0.25, 0.3) is 0 Å². The number of aliphatic hydroxyl groups is 1. The SMILES string of the molecule is C[C@]12CC[C@@H](O[C@@H]3CCCCO3)C[C@@H]1CC[C@H]1[C@@H]2CC[C@]2(C)[C@@H](CO)CC[C@@H]12. The van der Waals surface area contributed by atoms with Crippen LogP contribution >= 0.6 is 0 Å². The fourth-order valence-corrected chi connectivity index (χ4v) is 8.78. The average molecular weight is 391 g/mol. The average Bonchev–Trinajstić information content (AvgIpc) is 3.05. The highest BCUT2D eigenvalue weighted by atomic mass is 16.7. The molecule has 1 heterocycles. The molecule has 5 aliphatic rings. The maximum atomic E-state index is 9.94. The molecule has 3 heteroatoms. The van der Waals surface area contributed by atoms with Crippen molar-refractivity contribution in [2.75, 3.05) is 13.2 Å². The lowest BCUT2D eigenvalue weighted by Crippen LogP contribution is -2.54. The summed E-state index contributed by atoms with van der Waals surface area (Å²) in [6.45, 7) is 6.46. The summed E-state index contributed by atoms with van der Waals surface area (Å²) in [6.07, 6.45) is 16.1. The van der Waals surface area contributed by atoms with E-state index in [4.69, 9.17) is 9.47 Å². The number of hydrogen-bond donors (Lipinski definition) is 1. The number of hydrogen-bond acceptors (Lipinski definition) is 3. The van der Waals surface area contributed by atoms with Crippen LogP contribution in [0.4, 0.5) is 0 Å². The van der Waals surface area contributed by atoms with Crippen molar-refractivity contribution in [1.82, 2.24) is 0 Å². The Morgan fingerprint density at radius 1 is 0.893 bits per heavy atom. The fraction of sp³-hybridized carbons (Fsp3) is 1.00. The monoisotopic (exact) mass is 390 g/mol. The highest BCUT2D eigenvalue weighted by Gasteiger charge is 2.60. The predicted molar refractivity (Wildman–Crippen MR) is 111 cm³/mol. The zero-order valence-corrected chi connectivity index (χ0v) is 18.2. The Morgan fingerprint density at radius 3 is 2.50 bits per heavy atom. The van der Waals surface area contributed by atoms with E-state index in [2.05, 4.69) is 13.8 Å². The highest BCUT2D eigenvalue weighted by Crippen LogP contribution is 2.67. The Bertz CT molecular complexity index is 558. The second-order valence-corrected chi connectivity index (χ2v) is 11.5. The van der Waals surface area contributed by atoms with Gasteiger partial charge in [-0.2, -0.15) is 0 Å². The van der Waals surface area contributed by atoms with Gasteiger partial charge in [0.2, 0.25) is 0 Å². The van der Waals surface area contributed by atoms with E-state index in [1.165, 1.54) is 70.6 Å². The molecule has 4 aliphatic carbocycles. The second-order valence-electron chi connectivity index (χ2n) is 11.5. The Morgan fingerprint density at radius 2 is 1.71 bits per heavy atom. The smallest absolute Gasteiger partial charge is 0.157 e. The molecule has 0 aromatic carbocycles. The van der Waals surface area contributed by atoms with Gasteiger partial charge >= 0.3 is 0 Å². The van der Waals surface area contributed by atoms with Crippen molar-refractivity contribution >= 4 is 0 Å². The molecular formula is C25H42O3. The maximum absolute atomic E-state index is 9.94. The van der Waals surface area contributed by atoms with E-state index in [0.717, 1.165) is 36.7 Å². The molecule has 0 radical (unpaired) electrons. The summed E-state index contributed by atoms with van der Waals surface area (Å²) < 4.78 is 12.3. The van der Waals surface area contributed by atoms with Gasteiger partial charge in [0.05, 0.1) is 6.10 Å². The van der Waals surface area contributed by atoms with Crippen molar-refractivity contribution in [3.8, 4) is 0 Å². The molecule has 0 amide bonds.